The minimum absolute atomic E-state index is 0.108. The maximum absolute atomic E-state index is 11.0. The third kappa shape index (κ3) is 2.40. The van der Waals surface area contributed by atoms with Crippen LogP contribution in [0.15, 0.2) is 30.3 Å². The lowest BCUT2D eigenvalue weighted by Crippen LogP contribution is -2.51. The molecule has 0 radical (unpaired) electrons. The molecule has 1 saturated heterocycles. The summed E-state index contributed by atoms with van der Waals surface area (Å²) in [5, 5.41) is 11.0. The van der Waals surface area contributed by atoms with Crippen LogP contribution in [0.25, 0.3) is 0 Å². The second-order valence-corrected chi connectivity index (χ2v) is 7.17. The molecule has 1 saturated carbocycles. The number of aliphatic hydroxyl groups excluding tert-OH is 1. The maximum Gasteiger partial charge on any atom is 0.0686 e. The highest BCUT2D eigenvalue weighted by Gasteiger charge is 2.46. The molecule has 1 aromatic rings. The Hall–Kier alpha value is -0.860. The SMILES string of the molecule is CC(C)(c1ccccc1)C(O)C1CCOC2(CCC2)C1. The Morgan fingerprint density at radius 1 is 1.25 bits per heavy atom. The molecule has 1 spiro atoms. The molecular formula is C18H26O2. The van der Waals surface area contributed by atoms with Crippen LogP contribution >= 0.6 is 0 Å². The Balaban J connectivity index is 1.76. The summed E-state index contributed by atoms with van der Waals surface area (Å²) in [6.45, 7) is 5.14. The van der Waals surface area contributed by atoms with Crippen LogP contribution in [0.4, 0.5) is 0 Å². The maximum atomic E-state index is 11.0. The first kappa shape index (κ1) is 14.1. The molecule has 2 unspecified atom stereocenters. The molecule has 2 aliphatic rings. The lowest BCUT2D eigenvalue weighted by molar-refractivity contribution is -0.162. The summed E-state index contributed by atoms with van der Waals surface area (Å²) in [5.41, 5.74) is 1.13. The van der Waals surface area contributed by atoms with Gasteiger partial charge in [0, 0.05) is 12.0 Å². The van der Waals surface area contributed by atoms with Crippen LogP contribution in [0.5, 0.6) is 0 Å². The monoisotopic (exact) mass is 274 g/mol. The van der Waals surface area contributed by atoms with Crippen LogP contribution in [-0.2, 0) is 10.2 Å². The van der Waals surface area contributed by atoms with Crippen molar-refractivity contribution >= 4 is 0 Å². The summed E-state index contributed by atoms with van der Waals surface area (Å²) >= 11 is 0. The average molecular weight is 274 g/mol. The van der Waals surface area contributed by atoms with E-state index >= 15 is 0 Å². The Bertz CT molecular complexity index is 448. The highest BCUT2D eigenvalue weighted by molar-refractivity contribution is 5.25. The first-order valence-electron chi connectivity index (χ1n) is 7.91. The van der Waals surface area contributed by atoms with E-state index in [0.29, 0.717) is 5.92 Å². The van der Waals surface area contributed by atoms with Crippen LogP contribution in [0.2, 0.25) is 0 Å². The van der Waals surface area contributed by atoms with E-state index in [2.05, 4.69) is 38.1 Å². The van der Waals surface area contributed by atoms with Gasteiger partial charge in [0.15, 0.2) is 0 Å². The van der Waals surface area contributed by atoms with Crippen molar-refractivity contribution in [2.24, 2.45) is 5.92 Å². The summed E-state index contributed by atoms with van der Waals surface area (Å²) in [7, 11) is 0. The first-order chi connectivity index (χ1) is 9.54. The van der Waals surface area contributed by atoms with E-state index in [1.54, 1.807) is 0 Å². The first-order valence-corrected chi connectivity index (χ1v) is 7.91. The number of hydrogen-bond donors (Lipinski definition) is 1. The van der Waals surface area contributed by atoms with E-state index in [1.807, 2.05) is 6.07 Å². The fourth-order valence-corrected chi connectivity index (χ4v) is 3.88. The van der Waals surface area contributed by atoms with E-state index in [-0.39, 0.29) is 17.1 Å². The van der Waals surface area contributed by atoms with Crippen molar-refractivity contribution in [2.45, 2.75) is 63.1 Å². The van der Waals surface area contributed by atoms with Gasteiger partial charge in [-0.1, -0.05) is 44.2 Å². The predicted molar refractivity (Wildman–Crippen MR) is 80.7 cm³/mol. The molecule has 1 aliphatic heterocycles. The van der Waals surface area contributed by atoms with Gasteiger partial charge in [0.1, 0.15) is 0 Å². The van der Waals surface area contributed by atoms with Crippen LogP contribution < -0.4 is 0 Å². The number of rotatable bonds is 3. The normalized spacial score (nSPS) is 27.1. The smallest absolute Gasteiger partial charge is 0.0686 e. The molecule has 0 aromatic heterocycles. The summed E-state index contributed by atoms with van der Waals surface area (Å²) in [4.78, 5) is 0. The quantitative estimate of drug-likeness (QED) is 0.911. The minimum Gasteiger partial charge on any atom is -0.392 e. The Kier molecular flexibility index (Phi) is 3.64. The van der Waals surface area contributed by atoms with Crippen LogP contribution in [0, 0.1) is 5.92 Å². The van der Waals surface area contributed by atoms with E-state index in [9.17, 15) is 5.11 Å². The zero-order valence-corrected chi connectivity index (χ0v) is 12.6. The molecular weight excluding hydrogens is 248 g/mol. The van der Waals surface area contributed by atoms with Crippen LogP contribution in [0.1, 0.15) is 51.5 Å². The highest BCUT2D eigenvalue weighted by atomic mass is 16.5. The summed E-state index contributed by atoms with van der Waals surface area (Å²) < 4.78 is 5.99. The van der Waals surface area contributed by atoms with Crippen molar-refractivity contribution in [3.8, 4) is 0 Å². The second kappa shape index (κ2) is 5.16. The largest absolute Gasteiger partial charge is 0.392 e. The van der Waals surface area contributed by atoms with E-state index in [4.69, 9.17) is 4.74 Å². The van der Waals surface area contributed by atoms with Crippen molar-refractivity contribution in [3.63, 3.8) is 0 Å². The standard InChI is InChI=1S/C18H26O2/c1-17(2,15-7-4-3-5-8-15)16(19)14-9-12-20-18(13-14)10-6-11-18/h3-5,7-8,14,16,19H,6,9-13H2,1-2H3. The molecule has 2 heteroatoms. The molecule has 20 heavy (non-hydrogen) atoms. The van der Waals surface area contributed by atoms with E-state index in [1.165, 1.54) is 24.8 Å². The number of aliphatic hydroxyl groups is 1. The van der Waals surface area contributed by atoms with Gasteiger partial charge in [0.25, 0.3) is 0 Å². The molecule has 2 atom stereocenters. The van der Waals surface area contributed by atoms with Gasteiger partial charge < -0.3 is 9.84 Å². The second-order valence-electron chi connectivity index (χ2n) is 7.17. The van der Waals surface area contributed by atoms with Gasteiger partial charge in [-0.3, -0.25) is 0 Å². The lowest BCUT2D eigenvalue weighted by Gasteiger charge is -2.50. The minimum atomic E-state index is -0.300. The molecule has 1 heterocycles. The van der Waals surface area contributed by atoms with Gasteiger partial charge >= 0.3 is 0 Å². The number of hydrogen-bond acceptors (Lipinski definition) is 2. The Morgan fingerprint density at radius 2 is 1.95 bits per heavy atom. The van der Waals surface area contributed by atoms with Gasteiger partial charge in [-0.25, -0.2) is 0 Å². The number of benzene rings is 1. The van der Waals surface area contributed by atoms with Gasteiger partial charge in [-0.15, -0.1) is 0 Å². The van der Waals surface area contributed by atoms with Gasteiger partial charge in [0.05, 0.1) is 11.7 Å². The number of ether oxygens (including phenoxy) is 1. The summed E-state index contributed by atoms with van der Waals surface area (Å²) in [5.74, 6) is 0.360. The van der Waals surface area contributed by atoms with Crippen LogP contribution in [0.3, 0.4) is 0 Å². The molecule has 0 bridgehead atoms. The Labute approximate surface area is 122 Å². The third-order valence-corrected chi connectivity index (χ3v) is 5.50. The van der Waals surface area contributed by atoms with E-state index in [0.717, 1.165) is 19.4 Å². The van der Waals surface area contributed by atoms with Gasteiger partial charge in [0.2, 0.25) is 0 Å². The average Bonchev–Trinajstić information content (AvgIpc) is 2.46. The molecule has 3 rings (SSSR count). The molecule has 1 N–H and O–H groups in total. The zero-order chi connectivity index (χ0) is 14.2. The summed E-state index contributed by atoms with van der Waals surface area (Å²) in [6, 6.07) is 10.4. The van der Waals surface area contributed by atoms with Crippen molar-refractivity contribution in [1.82, 2.24) is 0 Å². The molecule has 0 amide bonds. The van der Waals surface area contributed by atoms with Crippen molar-refractivity contribution in [3.05, 3.63) is 35.9 Å². The van der Waals surface area contributed by atoms with Crippen molar-refractivity contribution < 1.29 is 9.84 Å². The third-order valence-electron chi connectivity index (χ3n) is 5.50. The predicted octanol–water partition coefficient (Wildman–Crippen LogP) is 3.67. The van der Waals surface area contributed by atoms with Crippen LogP contribution in [-0.4, -0.2) is 23.4 Å². The fourth-order valence-electron chi connectivity index (χ4n) is 3.88. The zero-order valence-electron chi connectivity index (χ0n) is 12.6. The van der Waals surface area contributed by atoms with E-state index < -0.39 is 0 Å². The topological polar surface area (TPSA) is 29.5 Å². The molecule has 1 aliphatic carbocycles. The van der Waals surface area contributed by atoms with Gasteiger partial charge in [-0.2, -0.15) is 0 Å². The lowest BCUT2D eigenvalue weighted by atomic mass is 9.66. The van der Waals surface area contributed by atoms with Gasteiger partial charge in [-0.05, 0) is 43.6 Å². The molecule has 1 aromatic carbocycles. The molecule has 2 fully saturated rings. The Morgan fingerprint density at radius 3 is 2.55 bits per heavy atom. The summed E-state index contributed by atoms with van der Waals surface area (Å²) in [6.07, 6.45) is 5.37. The fraction of sp³-hybridized carbons (Fsp3) is 0.667. The molecule has 110 valence electrons. The highest BCUT2D eigenvalue weighted by Crippen LogP contribution is 2.47. The van der Waals surface area contributed by atoms with Crippen molar-refractivity contribution in [1.29, 1.82) is 0 Å². The molecule has 2 nitrogen and oxygen atoms in total. The van der Waals surface area contributed by atoms with Crippen molar-refractivity contribution in [2.75, 3.05) is 6.61 Å².